The number of hydrogen-bond donors (Lipinski definition) is 1. The van der Waals surface area contributed by atoms with E-state index in [4.69, 9.17) is 4.89 Å². The molecule has 0 bridgehead atoms. The molecule has 1 aliphatic heterocycles. The summed E-state index contributed by atoms with van der Waals surface area (Å²) in [5, 5.41) is 0. The highest BCUT2D eigenvalue weighted by molar-refractivity contribution is 7.47. The molecule has 0 aliphatic carbocycles. The van der Waals surface area contributed by atoms with Gasteiger partial charge in [-0.1, -0.05) is 6.92 Å². The zero-order valence-corrected chi connectivity index (χ0v) is 6.71. The fourth-order valence-corrected chi connectivity index (χ4v) is 1.59. The van der Waals surface area contributed by atoms with Gasteiger partial charge in [0.15, 0.2) is 0 Å². The minimum absolute atomic E-state index is 0.272. The molecule has 0 aromatic rings. The number of hydrogen-bond acceptors (Lipinski definition) is 3. The van der Waals surface area contributed by atoms with Crippen LogP contribution in [0.3, 0.4) is 0 Å². The predicted molar refractivity (Wildman–Crippen MR) is 35.5 cm³/mol. The molecule has 0 aromatic carbocycles. The summed E-state index contributed by atoms with van der Waals surface area (Å²) in [5.74, 6) is 0.272. The molecule has 1 fully saturated rings. The first-order valence-electron chi connectivity index (χ1n) is 3.26. The van der Waals surface area contributed by atoms with E-state index in [2.05, 4.69) is 9.05 Å². The molecule has 10 heavy (non-hydrogen) atoms. The molecule has 0 atom stereocenters. The van der Waals surface area contributed by atoms with Gasteiger partial charge in [-0.3, -0.25) is 9.05 Å². The van der Waals surface area contributed by atoms with Crippen molar-refractivity contribution in [2.75, 3.05) is 13.2 Å². The van der Waals surface area contributed by atoms with Crippen molar-refractivity contribution in [1.82, 2.24) is 0 Å². The van der Waals surface area contributed by atoms with Crippen molar-refractivity contribution in [2.24, 2.45) is 5.92 Å². The van der Waals surface area contributed by atoms with Crippen LogP contribution in [-0.4, -0.2) is 18.1 Å². The van der Waals surface area contributed by atoms with E-state index < -0.39 is 7.82 Å². The highest BCUT2D eigenvalue weighted by Gasteiger charge is 2.29. The Morgan fingerprint density at radius 1 is 1.60 bits per heavy atom. The summed E-state index contributed by atoms with van der Waals surface area (Å²) < 4.78 is 19.7. The quantitative estimate of drug-likeness (QED) is 0.594. The maximum Gasteiger partial charge on any atom is 0.472 e. The normalized spacial score (nSPS) is 41.6. The SMILES string of the molecule is CCC1COP(=O)(O)OC1. The Balaban J connectivity index is 2.38. The molecule has 0 radical (unpaired) electrons. The summed E-state index contributed by atoms with van der Waals surface area (Å²) in [4.78, 5) is 8.70. The highest BCUT2D eigenvalue weighted by atomic mass is 31.2. The zero-order valence-electron chi connectivity index (χ0n) is 5.82. The van der Waals surface area contributed by atoms with Crippen molar-refractivity contribution in [1.29, 1.82) is 0 Å². The van der Waals surface area contributed by atoms with E-state index in [1.165, 1.54) is 0 Å². The summed E-state index contributed by atoms with van der Waals surface area (Å²) in [6.45, 7) is 2.67. The minimum Gasteiger partial charge on any atom is -0.302 e. The van der Waals surface area contributed by atoms with Crippen LogP contribution in [0, 0.1) is 5.92 Å². The van der Waals surface area contributed by atoms with Gasteiger partial charge >= 0.3 is 7.82 Å². The van der Waals surface area contributed by atoms with Crippen LogP contribution in [0.25, 0.3) is 0 Å². The van der Waals surface area contributed by atoms with Gasteiger partial charge in [-0.05, 0) is 6.42 Å². The number of rotatable bonds is 1. The van der Waals surface area contributed by atoms with Crippen molar-refractivity contribution in [3.8, 4) is 0 Å². The second-order valence-corrected chi connectivity index (χ2v) is 3.79. The summed E-state index contributed by atoms with van der Waals surface area (Å²) in [7, 11) is -3.64. The Bertz CT molecular complexity index is 146. The Labute approximate surface area is 59.8 Å². The van der Waals surface area contributed by atoms with E-state index in [0.717, 1.165) is 6.42 Å². The lowest BCUT2D eigenvalue weighted by atomic mass is 10.1. The van der Waals surface area contributed by atoms with E-state index in [-0.39, 0.29) is 5.92 Å². The maximum absolute atomic E-state index is 10.6. The highest BCUT2D eigenvalue weighted by Crippen LogP contribution is 2.47. The van der Waals surface area contributed by atoms with Gasteiger partial charge in [-0.2, -0.15) is 0 Å². The Hall–Kier alpha value is 0.110. The number of phosphoric ester groups is 1. The lowest BCUT2D eigenvalue weighted by Gasteiger charge is -2.23. The minimum atomic E-state index is -3.64. The fourth-order valence-electron chi connectivity index (χ4n) is 0.720. The molecule has 1 N–H and O–H groups in total. The Kier molecular flexibility index (Phi) is 2.47. The van der Waals surface area contributed by atoms with Crippen LogP contribution in [0.15, 0.2) is 0 Å². The predicted octanol–water partition coefficient (Wildman–Crippen LogP) is 1.16. The second kappa shape index (κ2) is 3.01. The van der Waals surface area contributed by atoms with E-state index in [1.807, 2.05) is 6.92 Å². The van der Waals surface area contributed by atoms with E-state index >= 15 is 0 Å². The molecule has 0 aromatic heterocycles. The first kappa shape index (κ1) is 8.21. The average molecular weight is 166 g/mol. The summed E-state index contributed by atoms with van der Waals surface area (Å²) in [6, 6.07) is 0. The van der Waals surface area contributed by atoms with Gasteiger partial charge in [0.2, 0.25) is 0 Å². The van der Waals surface area contributed by atoms with Gasteiger partial charge in [0.1, 0.15) is 0 Å². The molecule has 5 heteroatoms. The van der Waals surface area contributed by atoms with Crippen LogP contribution in [-0.2, 0) is 13.6 Å². The average Bonchev–Trinajstić information content (AvgIpc) is 1.88. The van der Waals surface area contributed by atoms with Gasteiger partial charge < -0.3 is 4.89 Å². The molecule has 0 spiro atoms. The summed E-state index contributed by atoms with van der Waals surface area (Å²) in [5.41, 5.74) is 0. The zero-order chi connectivity index (χ0) is 7.61. The third-order valence-corrected chi connectivity index (χ3v) is 2.47. The third kappa shape index (κ3) is 2.06. The van der Waals surface area contributed by atoms with Gasteiger partial charge in [0.05, 0.1) is 13.2 Å². The molecular weight excluding hydrogens is 155 g/mol. The van der Waals surface area contributed by atoms with Crippen molar-refractivity contribution in [3.05, 3.63) is 0 Å². The van der Waals surface area contributed by atoms with Crippen LogP contribution in [0.4, 0.5) is 0 Å². The molecule has 1 aliphatic rings. The molecular formula is C5H11O4P. The fraction of sp³-hybridized carbons (Fsp3) is 1.00. The summed E-state index contributed by atoms with van der Waals surface area (Å²) in [6.07, 6.45) is 0.917. The van der Waals surface area contributed by atoms with Gasteiger partial charge in [0, 0.05) is 5.92 Å². The monoisotopic (exact) mass is 166 g/mol. The molecule has 0 saturated carbocycles. The van der Waals surface area contributed by atoms with Gasteiger partial charge in [-0.25, -0.2) is 4.57 Å². The van der Waals surface area contributed by atoms with E-state index in [9.17, 15) is 4.57 Å². The van der Waals surface area contributed by atoms with Crippen LogP contribution in [0.2, 0.25) is 0 Å². The van der Waals surface area contributed by atoms with Crippen molar-refractivity contribution in [2.45, 2.75) is 13.3 Å². The van der Waals surface area contributed by atoms with Gasteiger partial charge in [0.25, 0.3) is 0 Å². The van der Waals surface area contributed by atoms with E-state index in [0.29, 0.717) is 13.2 Å². The van der Waals surface area contributed by atoms with Crippen LogP contribution in [0.5, 0.6) is 0 Å². The lowest BCUT2D eigenvalue weighted by Crippen LogP contribution is -2.19. The molecule has 1 rings (SSSR count). The molecule has 60 valence electrons. The smallest absolute Gasteiger partial charge is 0.302 e. The Morgan fingerprint density at radius 2 is 2.10 bits per heavy atom. The maximum atomic E-state index is 10.6. The van der Waals surface area contributed by atoms with Crippen molar-refractivity contribution < 1.29 is 18.5 Å². The van der Waals surface area contributed by atoms with E-state index in [1.54, 1.807) is 0 Å². The largest absolute Gasteiger partial charge is 0.472 e. The molecule has 1 heterocycles. The molecule has 0 amide bonds. The standard InChI is InChI=1S/C5H11O4P/c1-2-5-3-8-10(6,7)9-4-5/h5H,2-4H2,1H3,(H,6,7). The first-order valence-corrected chi connectivity index (χ1v) is 4.75. The second-order valence-electron chi connectivity index (χ2n) is 2.33. The lowest BCUT2D eigenvalue weighted by molar-refractivity contribution is 0.0569. The van der Waals surface area contributed by atoms with Gasteiger partial charge in [-0.15, -0.1) is 0 Å². The molecule has 0 unspecified atom stereocenters. The van der Waals surface area contributed by atoms with Crippen LogP contribution in [0.1, 0.15) is 13.3 Å². The third-order valence-electron chi connectivity index (χ3n) is 1.52. The topological polar surface area (TPSA) is 55.8 Å². The molecule has 1 saturated heterocycles. The Morgan fingerprint density at radius 3 is 2.50 bits per heavy atom. The number of phosphoric acid groups is 1. The van der Waals surface area contributed by atoms with Crippen molar-refractivity contribution in [3.63, 3.8) is 0 Å². The van der Waals surface area contributed by atoms with Crippen LogP contribution >= 0.6 is 7.82 Å². The van der Waals surface area contributed by atoms with Crippen LogP contribution < -0.4 is 0 Å². The summed E-state index contributed by atoms with van der Waals surface area (Å²) >= 11 is 0. The van der Waals surface area contributed by atoms with Crippen molar-refractivity contribution >= 4 is 7.82 Å². The molecule has 4 nitrogen and oxygen atoms in total. The first-order chi connectivity index (χ1) is 4.64.